The van der Waals surface area contributed by atoms with Gasteiger partial charge < -0.3 is 5.32 Å². The minimum atomic E-state index is -0.140. The van der Waals surface area contributed by atoms with Gasteiger partial charge in [-0.15, -0.1) is 0 Å². The van der Waals surface area contributed by atoms with Crippen molar-refractivity contribution in [3.63, 3.8) is 0 Å². The average Bonchev–Trinajstić information content (AvgIpc) is 2.78. The van der Waals surface area contributed by atoms with Gasteiger partial charge in [0.1, 0.15) is 0 Å². The second-order valence-corrected chi connectivity index (χ2v) is 5.44. The molecule has 4 nitrogen and oxygen atoms in total. The molecule has 2 aromatic rings. The Morgan fingerprint density at radius 1 is 1.53 bits per heavy atom. The Balaban J connectivity index is 1.92. The molecule has 1 N–H and O–H groups in total. The number of hydrogen-bond donors (Lipinski definition) is 1. The molecule has 1 heterocycles. The standard InChI is InChI=1S/C13H13BrClN3O/c1-18-8-9(7-17-18)4-5-16-13(19)11-6-10(15)2-3-12(11)14/h2-3,6-8H,4-5H2,1H3,(H,16,19). The number of aryl methyl sites for hydroxylation is 1. The summed E-state index contributed by atoms with van der Waals surface area (Å²) in [5, 5.41) is 7.48. The number of carbonyl (C=O) groups excluding carboxylic acids is 1. The van der Waals surface area contributed by atoms with Crippen LogP contribution < -0.4 is 5.32 Å². The molecule has 0 spiro atoms. The second-order valence-electron chi connectivity index (χ2n) is 4.15. The highest BCUT2D eigenvalue weighted by Crippen LogP contribution is 2.20. The zero-order chi connectivity index (χ0) is 13.8. The minimum absolute atomic E-state index is 0.140. The number of nitrogens with zero attached hydrogens (tertiary/aromatic N) is 2. The molecule has 0 bridgehead atoms. The van der Waals surface area contributed by atoms with Gasteiger partial charge in [-0.1, -0.05) is 11.6 Å². The topological polar surface area (TPSA) is 46.9 Å². The third-order valence-electron chi connectivity index (χ3n) is 2.63. The summed E-state index contributed by atoms with van der Waals surface area (Å²) < 4.78 is 2.47. The van der Waals surface area contributed by atoms with Crippen molar-refractivity contribution >= 4 is 33.4 Å². The highest BCUT2D eigenvalue weighted by atomic mass is 79.9. The molecule has 6 heteroatoms. The summed E-state index contributed by atoms with van der Waals surface area (Å²) in [5.41, 5.74) is 1.63. The van der Waals surface area contributed by atoms with Crippen LogP contribution in [-0.4, -0.2) is 22.2 Å². The fourth-order valence-electron chi connectivity index (χ4n) is 1.69. The van der Waals surface area contributed by atoms with Gasteiger partial charge in [0.2, 0.25) is 0 Å². The van der Waals surface area contributed by atoms with E-state index in [-0.39, 0.29) is 5.91 Å². The zero-order valence-corrected chi connectivity index (χ0v) is 12.7. The maximum Gasteiger partial charge on any atom is 0.252 e. The highest BCUT2D eigenvalue weighted by molar-refractivity contribution is 9.10. The summed E-state index contributed by atoms with van der Waals surface area (Å²) in [5.74, 6) is -0.140. The number of halogens is 2. The Morgan fingerprint density at radius 2 is 2.32 bits per heavy atom. The number of aromatic nitrogens is 2. The van der Waals surface area contributed by atoms with Gasteiger partial charge in [-0.3, -0.25) is 9.48 Å². The predicted molar refractivity (Wildman–Crippen MR) is 78.4 cm³/mol. The first-order valence-electron chi connectivity index (χ1n) is 5.77. The molecular formula is C13H13BrClN3O. The van der Waals surface area contributed by atoms with Crippen LogP contribution in [0.25, 0.3) is 0 Å². The Kier molecular flexibility index (Phi) is 4.61. The maximum absolute atomic E-state index is 12.0. The van der Waals surface area contributed by atoms with Crippen molar-refractivity contribution in [1.29, 1.82) is 0 Å². The van der Waals surface area contributed by atoms with Gasteiger partial charge in [0, 0.05) is 29.3 Å². The van der Waals surface area contributed by atoms with E-state index in [4.69, 9.17) is 11.6 Å². The van der Waals surface area contributed by atoms with Crippen LogP contribution in [0.5, 0.6) is 0 Å². The van der Waals surface area contributed by atoms with Crippen LogP contribution in [0.2, 0.25) is 5.02 Å². The van der Waals surface area contributed by atoms with Crippen molar-refractivity contribution in [2.75, 3.05) is 6.54 Å². The predicted octanol–water partition coefficient (Wildman–Crippen LogP) is 2.81. The first kappa shape index (κ1) is 14.1. The minimum Gasteiger partial charge on any atom is -0.352 e. The van der Waals surface area contributed by atoms with Gasteiger partial charge in [0.05, 0.1) is 11.8 Å². The number of rotatable bonds is 4. The average molecular weight is 343 g/mol. The van der Waals surface area contributed by atoms with E-state index in [0.717, 1.165) is 16.5 Å². The van der Waals surface area contributed by atoms with E-state index in [2.05, 4.69) is 26.3 Å². The summed E-state index contributed by atoms with van der Waals surface area (Å²) in [6, 6.07) is 5.14. The summed E-state index contributed by atoms with van der Waals surface area (Å²) in [6.45, 7) is 0.559. The third-order valence-corrected chi connectivity index (χ3v) is 3.56. The number of hydrogen-bond acceptors (Lipinski definition) is 2. The van der Waals surface area contributed by atoms with Crippen LogP contribution in [-0.2, 0) is 13.5 Å². The third kappa shape index (κ3) is 3.81. The Labute approximate surface area is 124 Å². The molecule has 1 amide bonds. The fraction of sp³-hybridized carbons (Fsp3) is 0.231. The van der Waals surface area contributed by atoms with E-state index in [9.17, 15) is 4.79 Å². The van der Waals surface area contributed by atoms with Crippen molar-refractivity contribution < 1.29 is 4.79 Å². The fourth-order valence-corrected chi connectivity index (χ4v) is 2.29. The van der Waals surface area contributed by atoms with Gasteiger partial charge in [0.25, 0.3) is 5.91 Å². The molecule has 0 aliphatic carbocycles. The van der Waals surface area contributed by atoms with Crippen LogP contribution in [0.4, 0.5) is 0 Å². The largest absolute Gasteiger partial charge is 0.352 e. The maximum atomic E-state index is 12.0. The first-order valence-corrected chi connectivity index (χ1v) is 6.94. The van der Waals surface area contributed by atoms with E-state index in [1.807, 2.05) is 13.2 Å². The zero-order valence-electron chi connectivity index (χ0n) is 10.4. The molecule has 19 heavy (non-hydrogen) atoms. The number of carbonyl (C=O) groups is 1. The molecule has 0 unspecified atom stereocenters. The van der Waals surface area contributed by atoms with Crippen LogP contribution in [0.15, 0.2) is 35.1 Å². The molecule has 0 aliphatic heterocycles. The molecule has 1 aromatic heterocycles. The van der Waals surface area contributed by atoms with Crippen molar-refractivity contribution in [2.45, 2.75) is 6.42 Å². The van der Waals surface area contributed by atoms with Gasteiger partial charge in [-0.05, 0) is 46.1 Å². The Hall–Kier alpha value is -1.33. The SMILES string of the molecule is Cn1cc(CCNC(=O)c2cc(Cl)ccc2Br)cn1. The van der Waals surface area contributed by atoms with Gasteiger partial charge >= 0.3 is 0 Å². The number of benzene rings is 1. The molecular weight excluding hydrogens is 330 g/mol. The normalized spacial score (nSPS) is 10.5. The summed E-state index contributed by atoms with van der Waals surface area (Å²) in [6.07, 6.45) is 4.47. The van der Waals surface area contributed by atoms with Gasteiger partial charge in [-0.2, -0.15) is 5.10 Å². The highest BCUT2D eigenvalue weighted by Gasteiger charge is 2.10. The lowest BCUT2D eigenvalue weighted by Crippen LogP contribution is -2.25. The van der Waals surface area contributed by atoms with Crippen molar-refractivity contribution in [3.05, 3.63) is 51.2 Å². The molecule has 2 rings (SSSR count). The van der Waals surface area contributed by atoms with Crippen molar-refractivity contribution in [3.8, 4) is 0 Å². The Morgan fingerprint density at radius 3 is 3.00 bits per heavy atom. The van der Waals surface area contributed by atoms with E-state index in [1.54, 1.807) is 29.1 Å². The molecule has 0 fully saturated rings. The van der Waals surface area contributed by atoms with E-state index >= 15 is 0 Å². The lowest BCUT2D eigenvalue weighted by atomic mass is 10.2. The summed E-state index contributed by atoms with van der Waals surface area (Å²) in [4.78, 5) is 12.0. The smallest absolute Gasteiger partial charge is 0.252 e. The van der Waals surface area contributed by atoms with Crippen LogP contribution in [0.3, 0.4) is 0 Å². The quantitative estimate of drug-likeness (QED) is 0.929. The van der Waals surface area contributed by atoms with Crippen LogP contribution in [0.1, 0.15) is 15.9 Å². The molecule has 100 valence electrons. The van der Waals surface area contributed by atoms with Crippen molar-refractivity contribution in [1.82, 2.24) is 15.1 Å². The van der Waals surface area contributed by atoms with E-state index in [0.29, 0.717) is 17.1 Å². The Bertz CT molecular complexity index is 597. The van der Waals surface area contributed by atoms with Crippen LogP contribution >= 0.6 is 27.5 Å². The second kappa shape index (κ2) is 6.21. The first-order chi connectivity index (χ1) is 9.06. The van der Waals surface area contributed by atoms with Gasteiger partial charge in [-0.25, -0.2) is 0 Å². The van der Waals surface area contributed by atoms with E-state index in [1.165, 1.54) is 0 Å². The molecule has 0 saturated carbocycles. The summed E-state index contributed by atoms with van der Waals surface area (Å²) >= 11 is 9.22. The molecule has 0 atom stereocenters. The lowest BCUT2D eigenvalue weighted by molar-refractivity contribution is 0.0953. The number of amides is 1. The lowest BCUT2D eigenvalue weighted by Gasteiger charge is -2.06. The van der Waals surface area contributed by atoms with E-state index < -0.39 is 0 Å². The molecule has 0 radical (unpaired) electrons. The van der Waals surface area contributed by atoms with Crippen LogP contribution in [0, 0.1) is 0 Å². The number of nitrogens with one attached hydrogen (secondary N) is 1. The monoisotopic (exact) mass is 341 g/mol. The van der Waals surface area contributed by atoms with Gasteiger partial charge in [0.15, 0.2) is 0 Å². The summed E-state index contributed by atoms with van der Waals surface area (Å²) in [7, 11) is 1.87. The van der Waals surface area contributed by atoms with Crippen molar-refractivity contribution in [2.24, 2.45) is 7.05 Å². The molecule has 0 saturated heterocycles. The molecule has 0 aliphatic rings. The molecule has 1 aromatic carbocycles.